The molecule has 0 heterocycles. The Morgan fingerprint density at radius 2 is 1.59 bits per heavy atom. The molecule has 230 valence electrons. The van der Waals surface area contributed by atoms with Gasteiger partial charge in [-0.3, -0.25) is 9.59 Å². The van der Waals surface area contributed by atoms with Gasteiger partial charge in [0, 0.05) is 30.3 Å². The van der Waals surface area contributed by atoms with E-state index in [0.29, 0.717) is 24.3 Å². The molecule has 0 aromatic heterocycles. The molecular weight excluding hydrogens is 520 g/mol. The number of hydrogen-bond donors (Lipinski definition) is 2. The highest BCUT2D eigenvalue weighted by molar-refractivity contribution is 5.85. The summed E-state index contributed by atoms with van der Waals surface area (Å²) in [5.74, 6) is -0.726. The minimum atomic E-state index is -0.886. The third kappa shape index (κ3) is 4.98. The lowest BCUT2D eigenvalue weighted by molar-refractivity contribution is -0.171. The van der Waals surface area contributed by atoms with Crippen LogP contribution in [0.4, 0.5) is 0 Å². The summed E-state index contributed by atoms with van der Waals surface area (Å²) in [5, 5.41) is 21.3. The fourth-order valence-electron chi connectivity index (χ4n) is 10.2. The first-order valence-electron chi connectivity index (χ1n) is 15.6. The maximum absolute atomic E-state index is 12.4. The number of carbonyl (C=O) groups excluding carboxylic acids is 2. The molecule has 0 bridgehead atoms. The first-order chi connectivity index (χ1) is 18.9. The van der Waals surface area contributed by atoms with Gasteiger partial charge in [-0.1, -0.05) is 53.2 Å². The van der Waals surface area contributed by atoms with Crippen LogP contribution in [-0.2, 0) is 23.9 Å². The summed E-state index contributed by atoms with van der Waals surface area (Å²) in [5.41, 5.74) is 1.67. The molecule has 9 atom stereocenters. The Morgan fingerprint density at radius 1 is 0.976 bits per heavy atom. The van der Waals surface area contributed by atoms with Gasteiger partial charge in [-0.2, -0.15) is 0 Å². The molecule has 2 N–H and O–H groups in total. The third-order valence-corrected chi connectivity index (χ3v) is 12.5. The van der Waals surface area contributed by atoms with Crippen LogP contribution >= 0.6 is 0 Å². The van der Waals surface area contributed by atoms with E-state index in [2.05, 4.69) is 41.5 Å². The molecule has 0 aromatic rings. The van der Waals surface area contributed by atoms with E-state index in [9.17, 15) is 24.6 Å². The number of fused-ring (bicyclic) bond motifs is 4. The topological polar surface area (TPSA) is 110 Å². The smallest absolute Gasteiger partial charge is 0.330 e. The fraction of sp³-hybridized carbons (Fsp3) is 0.794. The van der Waals surface area contributed by atoms with E-state index < -0.39 is 17.5 Å². The van der Waals surface area contributed by atoms with Crippen LogP contribution in [0.5, 0.6) is 0 Å². The molecule has 7 nitrogen and oxygen atoms in total. The summed E-state index contributed by atoms with van der Waals surface area (Å²) in [6, 6.07) is 0. The quantitative estimate of drug-likeness (QED) is 0.200. The van der Waals surface area contributed by atoms with Crippen LogP contribution < -0.4 is 0 Å². The lowest BCUT2D eigenvalue weighted by Crippen LogP contribution is -2.59. The maximum atomic E-state index is 12.4. The van der Waals surface area contributed by atoms with Crippen molar-refractivity contribution in [3.63, 3.8) is 0 Å². The number of allylic oxidation sites excluding steroid dienone is 2. The number of aliphatic hydroxyl groups excluding tert-OH is 1. The van der Waals surface area contributed by atoms with E-state index in [-0.39, 0.29) is 52.2 Å². The van der Waals surface area contributed by atoms with Crippen LogP contribution in [0, 0.1) is 39.4 Å². The van der Waals surface area contributed by atoms with Gasteiger partial charge in [0.2, 0.25) is 0 Å². The highest BCUT2D eigenvalue weighted by Gasteiger charge is 2.69. The minimum absolute atomic E-state index is 0.136. The SMILES string of the molecule is CC(=O)OC1C[C@H]([C@H](C)CC/C=C(\C)C(=O)O)[C@@]2(C)CCC3=C([C@H](O)CC4C(C)(C)[C@H](OC(C)=O)CC[C@]34C)[C@]12C. The maximum Gasteiger partial charge on any atom is 0.330 e. The van der Waals surface area contributed by atoms with Crippen LogP contribution in [0.3, 0.4) is 0 Å². The Kier molecular flexibility index (Phi) is 8.40. The summed E-state index contributed by atoms with van der Waals surface area (Å²) in [6.07, 6.45) is 7.04. The molecule has 41 heavy (non-hydrogen) atoms. The Bertz CT molecular complexity index is 1150. The number of esters is 2. The second-order valence-corrected chi connectivity index (χ2v) is 14.9. The van der Waals surface area contributed by atoms with Gasteiger partial charge in [-0.25, -0.2) is 4.79 Å². The van der Waals surface area contributed by atoms with Gasteiger partial charge in [0.25, 0.3) is 0 Å². The number of rotatable bonds is 7. The molecule has 2 unspecified atom stereocenters. The largest absolute Gasteiger partial charge is 0.478 e. The Morgan fingerprint density at radius 3 is 2.17 bits per heavy atom. The molecule has 0 radical (unpaired) electrons. The number of carboxylic acids is 1. The van der Waals surface area contributed by atoms with Gasteiger partial charge in [0.05, 0.1) is 6.10 Å². The van der Waals surface area contributed by atoms with E-state index >= 15 is 0 Å². The van der Waals surface area contributed by atoms with Gasteiger partial charge < -0.3 is 19.7 Å². The lowest BCUT2D eigenvalue weighted by Gasteiger charge is -2.63. The Balaban J connectivity index is 1.75. The number of ether oxygens (including phenoxy) is 2. The lowest BCUT2D eigenvalue weighted by atomic mass is 9.42. The summed E-state index contributed by atoms with van der Waals surface area (Å²) in [7, 11) is 0. The number of carboxylic acid groups (broad SMARTS) is 1. The molecule has 0 amide bonds. The zero-order valence-electron chi connectivity index (χ0n) is 26.6. The highest BCUT2D eigenvalue weighted by atomic mass is 16.5. The van der Waals surface area contributed by atoms with Crippen molar-refractivity contribution in [1.29, 1.82) is 0 Å². The molecule has 4 aliphatic carbocycles. The highest BCUT2D eigenvalue weighted by Crippen LogP contribution is 2.73. The van der Waals surface area contributed by atoms with Crippen molar-refractivity contribution in [2.24, 2.45) is 39.4 Å². The summed E-state index contributed by atoms with van der Waals surface area (Å²) in [4.78, 5) is 35.7. The van der Waals surface area contributed by atoms with Gasteiger partial charge in [-0.05, 0) is 92.4 Å². The molecule has 0 aliphatic heterocycles. The monoisotopic (exact) mass is 572 g/mol. The number of aliphatic carboxylic acids is 1. The van der Waals surface area contributed by atoms with Crippen molar-refractivity contribution in [1.82, 2.24) is 0 Å². The van der Waals surface area contributed by atoms with Crippen LogP contribution in [0.15, 0.2) is 22.8 Å². The molecule has 2 fully saturated rings. The minimum Gasteiger partial charge on any atom is -0.478 e. The summed E-state index contributed by atoms with van der Waals surface area (Å²) >= 11 is 0. The molecule has 4 aliphatic rings. The van der Waals surface area contributed by atoms with E-state index in [0.717, 1.165) is 44.1 Å². The molecule has 4 rings (SSSR count). The first-order valence-corrected chi connectivity index (χ1v) is 15.6. The molecule has 0 saturated heterocycles. The summed E-state index contributed by atoms with van der Waals surface area (Å²) in [6.45, 7) is 18.1. The second-order valence-electron chi connectivity index (χ2n) is 14.9. The Hall–Kier alpha value is -2.15. The van der Waals surface area contributed by atoms with Crippen LogP contribution in [-0.4, -0.2) is 46.4 Å². The molecule has 7 heteroatoms. The van der Waals surface area contributed by atoms with E-state index in [1.165, 1.54) is 19.4 Å². The number of aliphatic hydroxyl groups is 1. The van der Waals surface area contributed by atoms with Crippen LogP contribution in [0.1, 0.15) is 114 Å². The second kappa shape index (κ2) is 10.8. The molecule has 2 saturated carbocycles. The van der Waals surface area contributed by atoms with Gasteiger partial charge in [0.15, 0.2) is 0 Å². The average Bonchev–Trinajstić information content (AvgIpc) is 3.08. The predicted molar refractivity (Wildman–Crippen MR) is 157 cm³/mol. The van der Waals surface area contributed by atoms with Crippen molar-refractivity contribution >= 4 is 17.9 Å². The Labute approximate surface area is 246 Å². The third-order valence-electron chi connectivity index (χ3n) is 12.5. The van der Waals surface area contributed by atoms with E-state index in [1.807, 2.05) is 0 Å². The van der Waals surface area contributed by atoms with E-state index in [1.54, 1.807) is 13.0 Å². The average molecular weight is 573 g/mol. The standard InChI is InChI=1S/C34H52O7/c1-19(11-10-12-20(2)30(38)39)24-17-28(41-22(4)36)34(9)29-23(13-16-33(24,34)8)32(7)15-14-27(40-21(3)35)31(5,6)26(32)18-25(29)37/h12,19,24-28,37H,10-11,13-18H2,1-9H3,(H,38,39)/b20-12+/t19-,24-,25-,26?,27-,28?,32-,33-,34+/m1/s1. The zero-order chi connectivity index (χ0) is 30.7. The van der Waals surface area contributed by atoms with Crippen molar-refractivity contribution in [2.75, 3.05) is 0 Å². The van der Waals surface area contributed by atoms with Crippen LogP contribution in [0.25, 0.3) is 0 Å². The van der Waals surface area contributed by atoms with Gasteiger partial charge in [0.1, 0.15) is 12.2 Å². The zero-order valence-corrected chi connectivity index (χ0v) is 26.6. The summed E-state index contributed by atoms with van der Waals surface area (Å²) < 4.78 is 11.9. The first kappa shape index (κ1) is 31.8. The number of hydrogen-bond acceptors (Lipinski definition) is 6. The number of carbonyl (C=O) groups is 3. The molecule has 0 spiro atoms. The van der Waals surface area contributed by atoms with Crippen molar-refractivity contribution in [3.05, 3.63) is 22.8 Å². The molecule has 0 aromatic carbocycles. The van der Waals surface area contributed by atoms with Crippen LogP contribution in [0.2, 0.25) is 0 Å². The van der Waals surface area contributed by atoms with E-state index in [4.69, 9.17) is 9.47 Å². The predicted octanol–water partition coefficient (Wildman–Crippen LogP) is 6.63. The van der Waals surface area contributed by atoms with Gasteiger partial charge >= 0.3 is 17.9 Å². The van der Waals surface area contributed by atoms with Crippen molar-refractivity contribution in [2.45, 2.75) is 132 Å². The van der Waals surface area contributed by atoms with Crippen molar-refractivity contribution < 1.29 is 34.1 Å². The van der Waals surface area contributed by atoms with Crippen molar-refractivity contribution in [3.8, 4) is 0 Å². The normalized spacial score (nSPS) is 40.6. The fourth-order valence-corrected chi connectivity index (χ4v) is 10.2. The molecular formula is C34H52O7. The van der Waals surface area contributed by atoms with Gasteiger partial charge in [-0.15, -0.1) is 0 Å².